The van der Waals surface area contributed by atoms with Crippen molar-refractivity contribution in [1.29, 1.82) is 0 Å². The third-order valence-corrected chi connectivity index (χ3v) is 6.71. The van der Waals surface area contributed by atoms with Crippen molar-refractivity contribution in [2.45, 2.75) is 55.8 Å². The van der Waals surface area contributed by atoms with E-state index in [2.05, 4.69) is 36.4 Å². The lowest BCUT2D eigenvalue weighted by Crippen LogP contribution is -2.32. The van der Waals surface area contributed by atoms with E-state index in [4.69, 9.17) is 0 Å². The highest BCUT2D eigenvalue weighted by atomic mass is 32.2. The third-order valence-electron chi connectivity index (χ3n) is 4.83. The van der Waals surface area contributed by atoms with Crippen molar-refractivity contribution in [3.8, 4) is 10.7 Å². The maximum Gasteiger partial charge on any atom is 0.346 e. The van der Waals surface area contributed by atoms with Gasteiger partial charge >= 0.3 is 5.69 Å². The molecule has 0 atom stereocenters. The molecule has 3 aromatic rings. The third kappa shape index (κ3) is 5.05. The number of hydrogen-bond donors (Lipinski definition) is 1. The summed E-state index contributed by atoms with van der Waals surface area (Å²) in [6.07, 6.45) is 2.38. The van der Waals surface area contributed by atoms with Crippen molar-refractivity contribution in [2.75, 3.05) is 6.54 Å². The van der Waals surface area contributed by atoms with Crippen LogP contribution in [-0.4, -0.2) is 32.0 Å². The predicted octanol–water partition coefficient (Wildman–Crippen LogP) is 3.97. The van der Waals surface area contributed by atoms with Gasteiger partial charge in [-0.3, -0.25) is 9.36 Å². The highest BCUT2D eigenvalue weighted by molar-refractivity contribution is 7.99. The molecule has 1 fully saturated rings. The van der Waals surface area contributed by atoms with Crippen LogP contribution in [-0.2, 0) is 17.8 Å². The van der Waals surface area contributed by atoms with E-state index in [1.165, 1.54) is 9.58 Å². The van der Waals surface area contributed by atoms with Crippen LogP contribution in [0, 0.1) is 0 Å². The van der Waals surface area contributed by atoms with Gasteiger partial charge in [0.1, 0.15) is 0 Å². The van der Waals surface area contributed by atoms with Crippen molar-refractivity contribution in [3.05, 3.63) is 57.8 Å². The lowest BCUT2D eigenvalue weighted by atomic mass is 10.1. The molecule has 0 saturated heterocycles. The molecule has 1 saturated carbocycles. The number of aromatic nitrogens is 3. The van der Waals surface area contributed by atoms with E-state index in [0.29, 0.717) is 24.8 Å². The quantitative estimate of drug-likeness (QED) is 0.509. The Hall–Kier alpha value is -2.32. The highest BCUT2D eigenvalue weighted by Gasteiger charge is 2.30. The minimum atomic E-state index is -0.0895. The Morgan fingerprint density at radius 2 is 2.03 bits per heavy atom. The number of carbonyl (C=O) groups excluding carboxylic acids is 1. The second-order valence-corrected chi connectivity index (χ2v) is 10.3. The SMILES string of the molecule is CC(C)Sc1ccc(CC(=O)NCCn2nc(-c3cccs3)n(C3CC3)c2=O)cc1. The van der Waals surface area contributed by atoms with Crippen molar-refractivity contribution in [3.63, 3.8) is 0 Å². The van der Waals surface area contributed by atoms with Gasteiger partial charge in [0.05, 0.1) is 17.8 Å². The predicted molar refractivity (Wildman–Crippen MR) is 122 cm³/mol. The zero-order chi connectivity index (χ0) is 21.1. The van der Waals surface area contributed by atoms with E-state index >= 15 is 0 Å². The molecular formula is C22H26N4O2S2. The normalized spacial score (nSPS) is 13.7. The molecule has 4 rings (SSSR count). The molecule has 0 radical (unpaired) electrons. The number of hydrogen-bond acceptors (Lipinski definition) is 5. The number of nitrogens with one attached hydrogen (secondary N) is 1. The number of nitrogens with zero attached hydrogens (tertiary/aromatic N) is 3. The fraction of sp³-hybridized carbons (Fsp3) is 0.409. The number of thioether (sulfide) groups is 1. The molecule has 0 aliphatic heterocycles. The van der Waals surface area contributed by atoms with Gasteiger partial charge in [0.25, 0.3) is 0 Å². The number of carbonyl (C=O) groups is 1. The Balaban J connectivity index is 1.34. The summed E-state index contributed by atoms with van der Waals surface area (Å²) in [4.78, 5) is 27.3. The van der Waals surface area contributed by atoms with E-state index in [9.17, 15) is 9.59 Å². The van der Waals surface area contributed by atoms with E-state index < -0.39 is 0 Å². The van der Waals surface area contributed by atoms with Gasteiger partial charge in [-0.1, -0.05) is 32.0 Å². The van der Waals surface area contributed by atoms with Crippen molar-refractivity contribution in [2.24, 2.45) is 0 Å². The van der Waals surface area contributed by atoms with Gasteiger partial charge in [-0.05, 0) is 42.0 Å². The second-order valence-electron chi connectivity index (χ2n) is 7.75. The molecule has 1 aliphatic carbocycles. The average Bonchev–Trinajstić information content (AvgIpc) is 3.28. The molecule has 2 heterocycles. The Bertz CT molecular complexity index is 1050. The van der Waals surface area contributed by atoms with Crippen LogP contribution in [0.3, 0.4) is 0 Å². The lowest BCUT2D eigenvalue weighted by Gasteiger charge is -2.07. The van der Waals surface area contributed by atoms with Gasteiger partial charge in [0.15, 0.2) is 5.82 Å². The fourth-order valence-corrected chi connectivity index (χ4v) is 4.85. The second kappa shape index (κ2) is 9.22. The Kier molecular flexibility index (Phi) is 6.43. The van der Waals surface area contributed by atoms with E-state index in [1.807, 2.05) is 34.2 Å². The van der Waals surface area contributed by atoms with E-state index in [0.717, 1.165) is 29.1 Å². The van der Waals surface area contributed by atoms with Crippen LogP contribution in [0.25, 0.3) is 10.7 Å². The zero-order valence-electron chi connectivity index (χ0n) is 17.2. The standard InChI is InChI=1S/C22H26N4O2S2/c1-15(2)30-18-9-5-16(6-10-18)14-20(27)23-11-12-25-22(28)26(17-7-8-17)21(24-25)19-4-3-13-29-19/h3-6,9-10,13,15,17H,7-8,11-12,14H2,1-2H3,(H,23,27). The van der Waals surface area contributed by atoms with Crippen LogP contribution in [0.4, 0.5) is 0 Å². The monoisotopic (exact) mass is 442 g/mol. The summed E-state index contributed by atoms with van der Waals surface area (Å²) in [6.45, 7) is 5.07. The van der Waals surface area contributed by atoms with Crippen LogP contribution in [0.15, 0.2) is 51.5 Å². The van der Waals surface area contributed by atoms with Gasteiger partial charge in [0, 0.05) is 22.7 Å². The highest BCUT2D eigenvalue weighted by Crippen LogP contribution is 2.37. The molecular weight excluding hydrogens is 416 g/mol. The number of benzene rings is 1. The van der Waals surface area contributed by atoms with Gasteiger partial charge in [0.2, 0.25) is 5.91 Å². The number of amides is 1. The van der Waals surface area contributed by atoms with Crippen LogP contribution in [0.2, 0.25) is 0 Å². The molecule has 6 nitrogen and oxygen atoms in total. The van der Waals surface area contributed by atoms with Crippen molar-refractivity contribution in [1.82, 2.24) is 19.7 Å². The zero-order valence-corrected chi connectivity index (χ0v) is 18.8. The summed E-state index contributed by atoms with van der Waals surface area (Å²) in [6, 6.07) is 12.3. The van der Waals surface area contributed by atoms with Gasteiger partial charge in [-0.25, -0.2) is 9.48 Å². The fourth-order valence-electron chi connectivity index (χ4n) is 3.31. The summed E-state index contributed by atoms with van der Waals surface area (Å²) in [5.41, 5.74) is 0.893. The molecule has 0 spiro atoms. The maximum atomic E-state index is 12.8. The van der Waals surface area contributed by atoms with E-state index in [1.54, 1.807) is 23.1 Å². The smallest absolute Gasteiger partial charge is 0.346 e. The molecule has 30 heavy (non-hydrogen) atoms. The molecule has 1 N–H and O–H groups in total. The molecule has 0 unspecified atom stereocenters. The van der Waals surface area contributed by atoms with Crippen molar-refractivity contribution < 1.29 is 4.79 Å². The van der Waals surface area contributed by atoms with Gasteiger partial charge in [-0.2, -0.15) is 0 Å². The molecule has 1 amide bonds. The Morgan fingerprint density at radius 3 is 2.67 bits per heavy atom. The first-order valence-corrected chi connectivity index (χ1v) is 12.0. The van der Waals surface area contributed by atoms with Crippen LogP contribution >= 0.6 is 23.1 Å². The van der Waals surface area contributed by atoms with Gasteiger partial charge < -0.3 is 5.32 Å². The van der Waals surface area contributed by atoms with Crippen LogP contribution in [0.5, 0.6) is 0 Å². The maximum absolute atomic E-state index is 12.8. The van der Waals surface area contributed by atoms with Crippen LogP contribution < -0.4 is 11.0 Å². The topological polar surface area (TPSA) is 68.9 Å². The molecule has 2 aromatic heterocycles. The number of thiophene rings is 1. The Morgan fingerprint density at radius 1 is 1.27 bits per heavy atom. The summed E-state index contributed by atoms with van der Waals surface area (Å²) in [7, 11) is 0. The van der Waals surface area contributed by atoms with Gasteiger partial charge in [-0.15, -0.1) is 28.2 Å². The molecule has 1 aliphatic rings. The number of rotatable bonds is 9. The minimum Gasteiger partial charge on any atom is -0.354 e. The lowest BCUT2D eigenvalue weighted by molar-refractivity contribution is -0.120. The molecule has 158 valence electrons. The summed E-state index contributed by atoms with van der Waals surface area (Å²) in [5.74, 6) is 0.690. The largest absolute Gasteiger partial charge is 0.354 e. The summed E-state index contributed by atoms with van der Waals surface area (Å²) in [5, 5.41) is 9.99. The van der Waals surface area contributed by atoms with Crippen molar-refractivity contribution >= 4 is 29.0 Å². The molecule has 1 aromatic carbocycles. The minimum absolute atomic E-state index is 0.0487. The average molecular weight is 443 g/mol. The summed E-state index contributed by atoms with van der Waals surface area (Å²) < 4.78 is 3.29. The first-order valence-electron chi connectivity index (χ1n) is 10.3. The molecule has 0 bridgehead atoms. The van der Waals surface area contributed by atoms with Crippen LogP contribution in [0.1, 0.15) is 38.3 Å². The molecule has 8 heteroatoms. The summed E-state index contributed by atoms with van der Waals surface area (Å²) >= 11 is 3.39. The Labute approximate surface area is 184 Å². The van der Waals surface area contributed by atoms with E-state index in [-0.39, 0.29) is 17.6 Å². The first kappa shape index (κ1) is 20.9. The first-order chi connectivity index (χ1) is 14.5.